The predicted octanol–water partition coefficient (Wildman–Crippen LogP) is 4.67. The molecule has 0 bridgehead atoms. The third-order valence-corrected chi connectivity index (χ3v) is 5.21. The molecular weight excluding hydrogens is 375 g/mol. The summed E-state index contributed by atoms with van der Waals surface area (Å²) in [5, 5.41) is 8.74. The number of rotatable bonds is 6. The van der Waals surface area contributed by atoms with Gasteiger partial charge in [0, 0.05) is 11.6 Å². The Morgan fingerprint density at radius 3 is 2.52 bits per heavy atom. The molecule has 0 amide bonds. The lowest BCUT2D eigenvalue weighted by Crippen LogP contribution is -2.06. The van der Waals surface area contributed by atoms with Crippen molar-refractivity contribution >= 4 is 17.5 Å². The number of aromatic nitrogens is 3. The molecule has 8 heteroatoms. The predicted molar refractivity (Wildman–Crippen MR) is 95.1 cm³/mol. The van der Waals surface area contributed by atoms with Crippen LogP contribution < -0.4 is 0 Å². The molecule has 1 aliphatic rings. The Balaban J connectivity index is 1.57. The zero-order valence-electron chi connectivity index (χ0n) is 14.0. The highest BCUT2D eigenvalue weighted by Gasteiger charge is 2.31. The molecule has 1 aromatic heterocycles. The van der Waals surface area contributed by atoms with Crippen LogP contribution in [0, 0.1) is 17.5 Å². The van der Waals surface area contributed by atoms with E-state index in [2.05, 4.69) is 10.2 Å². The van der Waals surface area contributed by atoms with Crippen LogP contribution in [-0.4, -0.2) is 26.3 Å². The number of hydrogen-bond donors (Lipinski definition) is 0. The smallest absolute Gasteiger partial charge is 0.192 e. The average molecular weight is 389 g/mol. The van der Waals surface area contributed by atoms with Gasteiger partial charge in [0.05, 0.1) is 11.3 Å². The van der Waals surface area contributed by atoms with Gasteiger partial charge in [-0.1, -0.05) is 23.9 Å². The van der Waals surface area contributed by atoms with Crippen molar-refractivity contribution in [2.45, 2.75) is 24.0 Å². The van der Waals surface area contributed by atoms with E-state index in [-0.39, 0.29) is 29.0 Å². The van der Waals surface area contributed by atoms with Crippen LogP contribution >= 0.6 is 11.8 Å². The van der Waals surface area contributed by atoms with Crippen molar-refractivity contribution in [2.24, 2.45) is 0 Å². The number of ketones is 1. The molecule has 0 atom stereocenters. The zero-order chi connectivity index (χ0) is 19.0. The summed E-state index contributed by atoms with van der Waals surface area (Å²) < 4.78 is 42.3. The minimum Gasteiger partial charge on any atom is -0.299 e. The van der Waals surface area contributed by atoms with Crippen LogP contribution in [0.15, 0.2) is 47.6 Å². The van der Waals surface area contributed by atoms with E-state index < -0.39 is 11.6 Å². The van der Waals surface area contributed by atoms with Crippen LogP contribution in [0.4, 0.5) is 13.2 Å². The third kappa shape index (κ3) is 3.62. The van der Waals surface area contributed by atoms with E-state index in [1.807, 2.05) is 4.57 Å². The molecule has 1 fully saturated rings. The van der Waals surface area contributed by atoms with E-state index >= 15 is 0 Å². The zero-order valence-corrected chi connectivity index (χ0v) is 14.8. The second-order valence-electron chi connectivity index (χ2n) is 6.23. The summed E-state index contributed by atoms with van der Waals surface area (Å²) in [5.74, 6) is -2.37. The van der Waals surface area contributed by atoms with Crippen molar-refractivity contribution in [3.05, 3.63) is 65.5 Å². The SMILES string of the molecule is O=C(CSc1nnc(-c2ccccc2F)n1C1CC1)c1ccc(F)c(F)c1. The summed E-state index contributed by atoms with van der Waals surface area (Å²) in [5.41, 5.74) is 0.448. The number of thioether (sulfide) groups is 1. The van der Waals surface area contributed by atoms with Crippen LogP contribution in [0.2, 0.25) is 0 Å². The number of halogens is 3. The third-order valence-electron chi connectivity index (χ3n) is 4.27. The lowest BCUT2D eigenvalue weighted by atomic mass is 10.1. The van der Waals surface area contributed by atoms with Crippen molar-refractivity contribution in [1.82, 2.24) is 14.8 Å². The fourth-order valence-electron chi connectivity index (χ4n) is 2.75. The van der Waals surface area contributed by atoms with Gasteiger partial charge in [-0.2, -0.15) is 0 Å². The quantitative estimate of drug-likeness (QED) is 0.454. The topological polar surface area (TPSA) is 47.8 Å². The molecule has 0 radical (unpaired) electrons. The van der Waals surface area contributed by atoms with Crippen LogP contribution in [0.1, 0.15) is 29.2 Å². The van der Waals surface area contributed by atoms with E-state index in [0.29, 0.717) is 16.5 Å². The lowest BCUT2D eigenvalue weighted by Gasteiger charge is -2.09. The van der Waals surface area contributed by atoms with E-state index in [0.717, 1.165) is 36.7 Å². The van der Waals surface area contributed by atoms with Gasteiger partial charge in [-0.15, -0.1) is 10.2 Å². The highest BCUT2D eigenvalue weighted by molar-refractivity contribution is 7.99. The Labute approximate surface area is 157 Å². The summed E-state index contributed by atoms with van der Waals surface area (Å²) >= 11 is 1.15. The second-order valence-corrected chi connectivity index (χ2v) is 7.17. The van der Waals surface area contributed by atoms with Crippen LogP contribution in [0.3, 0.4) is 0 Å². The van der Waals surface area contributed by atoms with Gasteiger partial charge in [0.2, 0.25) is 0 Å². The molecule has 1 aliphatic carbocycles. The van der Waals surface area contributed by atoms with Gasteiger partial charge in [-0.3, -0.25) is 9.36 Å². The van der Waals surface area contributed by atoms with Gasteiger partial charge in [-0.25, -0.2) is 13.2 Å². The average Bonchev–Trinajstić information content (AvgIpc) is 3.42. The first-order valence-electron chi connectivity index (χ1n) is 8.35. The van der Waals surface area contributed by atoms with Gasteiger partial charge in [0.25, 0.3) is 0 Å². The molecule has 0 unspecified atom stereocenters. The van der Waals surface area contributed by atoms with E-state index in [9.17, 15) is 18.0 Å². The summed E-state index contributed by atoms with van der Waals surface area (Å²) in [6.07, 6.45) is 1.87. The molecule has 4 rings (SSSR count). The molecule has 138 valence electrons. The van der Waals surface area contributed by atoms with E-state index in [4.69, 9.17) is 0 Å². The maximum Gasteiger partial charge on any atom is 0.192 e. The number of Topliss-reactive ketones (excluding diaryl/α,β-unsaturated/α-hetero) is 1. The Kier molecular flexibility index (Phi) is 4.73. The van der Waals surface area contributed by atoms with Crippen LogP contribution in [0.25, 0.3) is 11.4 Å². The molecule has 0 N–H and O–H groups in total. The molecule has 27 heavy (non-hydrogen) atoms. The first-order chi connectivity index (χ1) is 13.0. The molecule has 2 aromatic carbocycles. The van der Waals surface area contributed by atoms with Crippen molar-refractivity contribution in [2.75, 3.05) is 5.75 Å². The maximum atomic E-state index is 14.1. The van der Waals surface area contributed by atoms with Gasteiger partial charge < -0.3 is 0 Å². The first kappa shape index (κ1) is 17.8. The minimum atomic E-state index is -1.06. The van der Waals surface area contributed by atoms with E-state index in [1.165, 1.54) is 12.1 Å². The maximum absolute atomic E-state index is 14.1. The fourth-order valence-corrected chi connectivity index (χ4v) is 3.65. The number of benzene rings is 2. The number of carbonyl (C=O) groups excluding carboxylic acids is 1. The standard InChI is InChI=1S/C19H14F3N3OS/c20-14-4-2-1-3-13(14)18-23-24-19(25(18)12-6-7-12)27-10-17(26)11-5-8-15(21)16(22)9-11/h1-5,8-9,12H,6-7,10H2. The van der Waals surface area contributed by atoms with Gasteiger partial charge in [0.1, 0.15) is 5.82 Å². The van der Waals surface area contributed by atoms with Gasteiger partial charge in [0.15, 0.2) is 28.4 Å². The molecule has 0 aliphatic heterocycles. The molecule has 0 spiro atoms. The number of hydrogen-bond acceptors (Lipinski definition) is 4. The molecule has 1 saturated carbocycles. The monoisotopic (exact) mass is 389 g/mol. The lowest BCUT2D eigenvalue weighted by molar-refractivity contribution is 0.102. The van der Waals surface area contributed by atoms with E-state index in [1.54, 1.807) is 18.2 Å². The molecule has 0 saturated heterocycles. The van der Waals surface area contributed by atoms with Crippen molar-refractivity contribution in [3.8, 4) is 11.4 Å². The van der Waals surface area contributed by atoms with Crippen LogP contribution in [0.5, 0.6) is 0 Å². The summed E-state index contributed by atoms with van der Waals surface area (Å²) in [6.45, 7) is 0. The molecule has 4 nitrogen and oxygen atoms in total. The van der Waals surface area contributed by atoms with Crippen molar-refractivity contribution in [3.63, 3.8) is 0 Å². The second kappa shape index (κ2) is 7.19. The first-order valence-corrected chi connectivity index (χ1v) is 9.34. The Hall–Kier alpha value is -2.61. The molecular formula is C19H14F3N3OS. The minimum absolute atomic E-state index is 0.00675. The fraction of sp³-hybridized carbons (Fsp3) is 0.211. The number of nitrogens with zero attached hydrogens (tertiary/aromatic N) is 3. The molecule has 3 aromatic rings. The highest BCUT2D eigenvalue weighted by Crippen LogP contribution is 2.41. The van der Waals surface area contributed by atoms with Crippen molar-refractivity contribution < 1.29 is 18.0 Å². The Morgan fingerprint density at radius 1 is 1.04 bits per heavy atom. The Bertz CT molecular complexity index is 1020. The summed E-state index contributed by atoms with van der Waals surface area (Å²) in [6, 6.07) is 9.56. The van der Waals surface area contributed by atoms with Crippen LogP contribution in [-0.2, 0) is 0 Å². The summed E-state index contributed by atoms with van der Waals surface area (Å²) in [4.78, 5) is 12.3. The van der Waals surface area contributed by atoms with Crippen molar-refractivity contribution in [1.29, 1.82) is 0 Å². The normalized spacial score (nSPS) is 13.7. The Morgan fingerprint density at radius 2 is 1.81 bits per heavy atom. The molecule has 1 heterocycles. The highest BCUT2D eigenvalue weighted by atomic mass is 32.2. The largest absolute Gasteiger partial charge is 0.299 e. The van der Waals surface area contributed by atoms with Gasteiger partial charge in [-0.05, 0) is 43.2 Å². The van der Waals surface area contributed by atoms with Gasteiger partial charge >= 0.3 is 0 Å². The summed E-state index contributed by atoms with van der Waals surface area (Å²) in [7, 11) is 0. The number of carbonyl (C=O) groups is 1.